The van der Waals surface area contributed by atoms with Crippen LogP contribution >= 0.6 is 0 Å². The van der Waals surface area contributed by atoms with Gasteiger partial charge in [-0.1, -0.05) is 53.5 Å². The summed E-state index contributed by atoms with van der Waals surface area (Å²) < 4.78 is 13.1. The fraction of sp³-hybridized carbons (Fsp3) is 0.633. The van der Waals surface area contributed by atoms with Gasteiger partial charge in [0.25, 0.3) is 5.91 Å². The maximum atomic E-state index is 13.4. The largest absolute Gasteiger partial charge is 0.496 e. The van der Waals surface area contributed by atoms with E-state index in [4.69, 9.17) is 9.47 Å². The van der Waals surface area contributed by atoms with Crippen molar-refractivity contribution in [1.82, 2.24) is 20.4 Å². The van der Waals surface area contributed by atoms with E-state index >= 15 is 0 Å². The molecule has 0 radical (unpaired) electrons. The van der Waals surface area contributed by atoms with Gasteiger partial charge in [0.15, 0.2) is 0 Å². The molecule has 1 heterocycles. The molecule has 2 rings (SSSR count). The van der Waals surface area contributed by atoms with Crippen molar-refractivity contribution in [2.24, 2.45) is 11.8 Å². The summed E-state index contributed by atoms with van der Waals surface area (Å²) in [5.41, 5.74) is 2.16. The molecule has 0 unspecified atom stereocenters. The van der Waals surface area contributed by atoms with Crippen LogP contribution in [0.2, 0.25) is 0 Å². The molecule has 2 N–H and O–H groups in total. The molecule has 1 aromatic carbocycles. The van der Waals surface area contributed by atoms with Crippen LogP contribution in [0.5, 0.6) is 11.5 Å². The molecule has 0 saturated heterocycles. The molecular formula is C30H48N4O4. The smallest absolute Gasteiger partial charge is 0.272 e. The Morgan fingerprint density at radius 1 is 1.00 bits per heavy atom. The van der Waals surface area contributed by atoms with Crippen molar-refractivity contribution in [1.29, 1.82) is 0 Å². The highest BCUT2D eigenvalue weighted by molar-refractivity contribution is 5.93. The summed E-state index contributed by atoms with van der Waals surface area (Å²) in [5, 5.41) is 10.8. The van der Waals surface area contributed by atoms with E-state index in [9.17, 15) is 9.59 Å². The Bertz CT molecular complexity index is 993. The van der Waals surface area contributed by atoms with Gasteiger partial charge in [0, 0.05) is 43.2 Å². The average molecular weight is 529 g/mol. The summed E-state index contributed by atoms with van der Waals surface area (Å²) in [6, 6.07) is 7.29. The molecule has 0 spiro atoms. The van der Waals surface area contributed by atoms with E-state index in [2.05, 4.69) is 50.4 Å². The number of aromatic nitrogens is 2. The number of benzene rings is 1. The van der Waals surface area contributed by atoms with Crippen molar-refractivity contribution in [2.45, 2.75) is 92.2 Å². The Labute approximate surface area is 228 Å². The van der Waals surface area contributed by atoms with E-state index in [1.54, 1.807) is 14.2 Å². The molecule has 0 fully saturated rings. The summed E-state index contributed by atoms with van der Waals surface area (Å²) in [7, 11) is 3.28. The number of ether oxygens (including phenoxy) is 2. The van der Waals surface area contributed by atoms with Gasteiger partial charge in [-0.05, 0) is 49.3 Å². The second-order valence-corrected chi connectivity index (χ2v) is 10.8. The SMILES string of the molecule is CCCCCNC(=O)C[C@H](CCC(C)C)NC(=O)c1cc(Cc2c(OC)cccc2OC)n(CC(C)C)n1. The summed E-state index contributed by atoms with van der Waals surface area (Å²) in [6.07, 6.45) is 5.62. The summed E-state index contributed by atoms with van der Waals surface area (Å²) in [6.45, 7) is 12.0. The predicted octanol–water partition coefficient (Wildman–Crippen LogP) is 5.38. The molecule has 0 aliphatic rings. The molecule has 1 aromatic heterocycles. The molecule has 0 saturated carbocycles. The molecular weight excluding hydrogens is 480 g/mol. The van der Waals surface area contributed by atoms with Crippen LogP contribution in [0.15, 0.2) is 24.3 Å². The normalized spacial score (nSPS) is 12.0. The molecule has 0 aliphatic carbocycles. The Kier molecular flexibility index (Phi) is 13.2. The van der Waals surface area contributed by atoms with Gasteiger partial charge in [0.2, 0.25) is 5.91 Å². The van der Waals surface area contributed by atoms with Crippen molar-refractivity contribution < 1.29 is 19.1 Å². The zero-order valence-corrected chi connectivity index (χ0v) is 24.4. The van der Waals surface area contributed by atoms with Gasteiger partial charge in [-0.3, -0.25) is 14.3 Å². The highest BCUT2D eigenvalue weighted by Gasteiger charge is 2.22. The van der Waals surface area contributed by atoms with E-state index in [1.807, 2.05) is 28.9 Å². The number of carbonyl (C=O) groups excluding carboxylic acids is 2. The van der Waals surface area contributed by atoms with Gasteiger partial charge >= 0.3 is 0 Å². The molecule has 1 atom stereocenters. The highest BCUT2D eigenvalue weighted by atomic mass is 16.5. The maximum absolute atomic E-state index is 13.4. The Balaban J connectivity index is 2.24. The number of nitrogens with zero attached hydrogens (tertiary/aromatic N) is 2. The Hall–Kier alpha value is -3.03. The van der Waals surface area contributed by atoms with Crippen LogP contribution in [0.4, 0.5) is 0 Å². The van der Waals surface area contributed by atoms with Crippen molar-refractivity contribution in [3.63, 3.8) is 0 Å². The predicted molar refractivity (Wildman–Crippen MR) is 152 cm³/mol. The third kappa shape index (κ3) is 10.0. The van der Waals surface area contributed by atoms with Gasteiger partial charge in [0.05, 0.1) is 14.2 Å². The van der Waals surface area contributed by atoms with E-state index in [0.29, 0.717) is 37.0 Å². The summed E-state index contributed by atoms with van der Waals surface area (Å²) in [4.78, 5) is 25.9. The van der Waals surface area contributed by atoms with Crippen LogP contribution in [-0.2, 0) is 17.8 Å². The molecule has 38 heavy (non-hydrogen) atoms. The second kappa shape index (κ2) is 16.0. The number of nitrogens with one attached hydrogen (secondary N) is 2. The summed E-state index contributed by atoms with van der Waals surface area (Å²) in [5.74, 6) is 2.00. The van der Waals surface area contributed by atoms with E-state index < -0.39 is 0 Å². The van der Waals surface area contributed by atoms with Crippen molar-refractivity contribution in [3.05, 3.63) is 41.2 Å². The monoisotopic (exact) mass is 528 g/mol. The lowest BCUT2D eigenvalue weighted by atomic mass is 10.0. The number of amides is 2. The van der Waals surface area contributed by atoms with Crippen molar-refractivity contribution in [2.75, 3.05) is 20.8 Å². The van der Waals surface area contributed by atoms with Gasteiger partial charge in [-0.15, -0.1) is 0 Å². The van der Waals surface area contributed by atoms with E-state index in [0.717, 1.165) is 54.9 Å². The molecule has 2 amide bonds. The van der Waals surface area contributed by atoms with Crippen molar-refractivity contribution >= 4 is 11.8 Å². The first-order valence-electron chi connectivity index (χ1n) is 14.0. The van der Waals surface area contributed by atoms with Crippen LogP contribution < -0.4 is 20.1 Å². The highest BCUT2D eigenvalue weighted by Crippen LogP contribution is 2.31. The molecule has 8 heteroatoms. The first-order valence-corrected chi connectivity index (χ1v) is 14.0. The molecule has 0 aliphatic heterocycles. The minimum absolute atomic E-state index is 0.0237. The zero-order chi connectivity index (χ0) is 28.1. The van der Waals surface area contributed by atoms with Crippen LogP contribution in [-0.4, -0.2) is 48.4 Å². The minimum atomic E-state index is -0.256. The average Bonchev–Trinajstić information content (AvgIpc) is 3.26. The second-order valence-electron chi connectivity index (χ2n) is 10.8. The first-order chi connectivity index (χ1) is 18.2. The lowest BCUT2D eigenvalue weighted by molar-refractivity contribution is -0.121. The minimum Gasteiger partial charge on any atom is -0.496 e. The fourth-order valence-corrected chi connectivity index (χ4v) is 4.41. The van der Waals surface area contributed by atoms with Crippen LogP contribution in [0.25, 0.3) is 0 Å². The lowest BCUT2D eigenvalue weighted by Crippen LogP contribution is -2.39. The Morgan fingerprint density at radius 3 is 2.26 bits per heavy atom. The zero-order valence-electron chi connectivity index (χ0n) is 24.4. The third-order valence-electron chi connectivity index (χ3n) is 6.48. The standard InChI is InChI=1S/C30H48N4O4/c1-8-9-10-16-31-29(35)17-23(15-14-21(2)3)32-30(36)26-19-24(34(33-26)20-22(4)5)18-25-27(37-6)12-11-13-28(25)38-7/h11-13,19,21-23H,8-10,14-18,20H2,1-7H3,(H,31,35)(H,32,36)/t23-/m0/s1. The van der Waals surface area contributed by atoms with Crippen LogP contribution in [0.1, 0.15) is 94.9 Å². The van der Waals surface area contributed by atoms with Crippen LogP contribution in [0.3, 0.4) is 0 Å². The molecule has 2 aromatic rings. The van der Waals surface area contributed by atoms with Gasteiger partial charge in [0.1, 0.15) is 17.2 Å². The maximum Gasteiger partial charge on any atom is 0.272 e. The number of hydrogen-bond donors (Lipinski definition) is 2. The number of methoxy groups -OCH3 is 2. The molecule has 212 valence electrons. The quantitative estimate of drug-likeness (QED) is 0.269. The first kappa shape index (κ1) is 31.2. The number of carbonyl (C=O) groups is 2. The third-order valence-corrected chi connectivity index (χ3v) is 6.48. The van der Waals surface area contributed by atoms with Crippen LogP contribution in [0, 0.1) is 11.8 Å². The fourth-order valence-electron chi connectivity index (χ4n) is 4.41. The topological polar surface area (TPSA) is 94.5 Å². The Morgan fingerprint density at radius 2 is 1.68 bits per heavy atom. The summed E-state index contributed by atoms with van der Waals surface area (Å²) >= 11 is 0. The van der Waals surface area contributed by atoms with Crippen molar-refractivity contribution in [3.8, 4) is 11.5 Å². The van der Waals surface area contributed by atoms with E-state index in [1.165, 1.54) is 0 Å². The number of unbranched alkanes of at least 4 members (excludes halogenated alkanes) is 2. The number of hydrogen-bond acceptors (Lipinski definition) is 5. The van der Waals surface area contributed by atoms with Gasteiger partial charge in [-0.25, -0.2) is 0 Å². The van der Waals surface area contributed by atoms with Gasteiger partial charge < -0.3 is 20.1 Å². The molecule has 0 bridgehead atoms. The van der Waals surface area contributed by atoms with E-state index in [-0.39, 0.29) is 24.3 Å². The lowest BCUT2D eigenvalue weighted by Gasteiger charge is -2.19. The van der Waals surface area contributed by atoms with Gasteiger partial charge in [-0.2, -0.15) is 5.10 Å². The number of rotatable bonds is 17. The molecule has 8 nitrogen and oxygen atoms in total.